The number of benzene rings is 1. The van der Waals surface area contributed by atoms with E-state index in [1.807, 2.05) is 24.3 Å². The van der Waals surface area contributed by atoms with E-state index in [0.717, 1.165) is 18.4 Å². The van der Waals surface area contributed by atoms with Crippen LogP contribution in [0.15, 0.2) is 30.3 Å². The molecule has 0 saturated carbocycles. The van der Waals surface area contributed by atoms with Crippen LogP contribution >= 0.6 is 11.3 Å². The van der Waals surface area contributed by atoms with Crippen LogP contribution in [-0.2, 0) is 24.1 Å². The number of hydrogen-bond donors (Lipinski definition) is 2. The Kier molecular flexibility index (Phi) is 4.62. The first kappa shape index (κ1) is 15.6. The summed E-state index contributed by atoms with van der Waals surface area (Å²) in [6.45, 7) is 0. The van der Waals surface area contributed by atoms with E-state index in [2.05, 4.69) is 10.9 Å². The van der Waals surface area contributed by atoms with Gasteiger partial charge in [0.1, 0.15) is 5.75 Å². The maximum atomic E-state index is 12.1. The highest BCUT2D eigenvalue weighted by Crippen LogP contribution is 2.30. The average molecular weight is 330 g/mol. The monoisotopic (exact) mass is 330 g/mol. The number of methoxy groups -OCH3 is 1. The van der Waals surface area contributed by atoms with Crippen molar-refractivity contribution in [2.45, 2.75) is 25.7 Å². The number of carbonyl (C=O) groups excluding carboxylic acids is 2. The van der Waals surface area contributed by atoms with Crippen LogP contribution in [-0.4, -0.2) is 18.9 Å². The lowest BCUT2D eigenvalue weighted by Gasteiger charge is -2.07. The van der Waals surface area contributed by atoms with Gasteiger partial charge in [-0.25, -0.2) is 0 Å². The molecule has 120 valence electrons. The average Bonchev–Trinajstić information content (AvgIpc) is 3.14. The normalized spacial score (nSPS) is 12.6. The van der Waals surface area contributed by atoms with Gasteiger partial charge >= 0.3 is 0 Å². The smallest absolute Gasteiger partial charge is 0.279 e. The third-order valence-electron chi connectivity index (χ3n) is 3.78. The minimum Gasteiger partial charge on any atom is -0.497 e. The Hall–Kier alpha value is -2.34. The maximum Gasteiger partial charge on any atom is 0.279 e. The van der Waals surface area contributed by atoms with Crippen LogP contribution in [0.2, 0.25) is 0 Å². The first-order valence-electron chi connectivity index (χ1n) is 7.49. The molecule has 1 aromatic heterocycles. The van der Waals surface area contributed by atoms with E-state index in [4.69, 9.17) is 4.74 Å². The zero-order valence-electron chi connectivity index (χ0n) is 12.8. The van der Waals surface area contributed by atoms with Crippen molar-refractivity contribution in [1.82, 2.24) is 10.9 Å². The van der Waals surface area contributed by atoms with Crippen molar-refractivity contribution in [3.63, 3.8) is 0 Å². The molecule has 6 heteroatoms. The number of amides is 2. The van der Waals surface area contributed by atoms with Crippen LogP contribution in [0.25, 0.3) is 0 Å². The fraction of sp³-hybridized carbons (Fsp3) is 0.294. The topological polar surface area (TPSA) is 67.4 Å². The van der Waals surface area contributed by atoms with E-state index in [-0.39, 0.29) is 18.2 Å². The Morgan fingerprint density at radius 1 is 1.22 bits per heavy atom. The number of thiophene rings is 1. The van der Waals surface area contributed by atoms with E-state index in [1.54, 1.807) is 13.2 Å². The van der Waals surface area contributed by atoms with Gasteiger partial charge in [0.2, 0.25) is 5.91 Å². The molecule has 0 radical (unpaired) electrons. The van der Waals surface area contributed by atoms with Crippen LogP contribution in [0.1, 0.15) is 32.1 Å². The Bertz CT molecular complexity index is 718. The fourth-order valence-corrected chi connectivity index (χ4v) is 3.79. The molecule has 1 aromatic carbocycles. The largest absolute Gasteiger partial charge is 0.497 e. The van der Waals surface area contributed by atoms with Gasteiger partial charge in [0.15, 0.2) is 0 Å². The molecule has 1 aliphatic carbocycles. The molecule has 1 aliphatic rings. The fourth-order valence-electron chi connectivity index (χ4n) is 2.64. The first-order chi connectivity index (χ1) is 11.2. The standard InChI is InChI=1S/C17H18N2O3S/c1-22-13-6-2-4-11(8-13)9-16(20)18-19-17(21)15-10-12-5-3-7-14(12)23-15/h2,4,6,8,10H,3,5,7,9H2,1H3,(H,18,20)(H,19,21). The SMILES string of the molecule is COc1cccc(CC(=O)NNC(=O)c2cc3c(s2)CCC3)c1. The molecule has 5 nitrogen and oxygen atoms in total. The van der Waals surface area contributed by atoms with E-state index in [1.165, 1.54) is 28.2 Å². The Balaban J connectivity index is 1.52. The molecule has 0 spiro atoms. The van der Waals surface area contributed by atoms with Crippen LogP contribution in [0.3, 0.4) is 0 Å². The minimum absolute atomic E-state index is 0.179. The van der Waals surface area contributed by atoms with Crippen LogP contribution in [0.4, 0.5) is 0 Å². The van der Waals surface area contributed by atoms with Crippen LogP contribution in [0.5, 0.6) is 5.75 Å². The van der Waals surface area contributed by atoms with E-state index in [0.29, 0.717) is 10.6 Å². The summed E-state index contributed by atoms with van der Waals surface area (Å²) in [7, 11) is 1.58. The lowest BCUT2D eigenvalue weighted by atomic mass is 10.1. The summed E-state index contributed by atoms with van der Waals surface area (Å²) >= 11 is 1.51. The van der Waals surface area contributed by atoms with Crippen molar-refractivity contribution < 1.29 is 14.3 Å². The number of carbonyl (C=O) groups is 2. The number of fused-ring (bicyclic) bond motifs is 1. The van der Waals surface area contributed by atoms with Gasteiger partial charge in [-0.3, -0.25) is 20.4 Å². The van der Waals surface area contributed by atoms with Gasteiger partial charge in [-0.15, -0.1) is 11.3 Å². The summed E-state index contributed by atoms with van der Waals surface area (Å²) in [6.07, 6.45) is 3.44. The molecule has 0 atom stereocenters. The number of hydrogen-bond acceptors (Lipinski definition) is 4. The summed E-state index contributed by atoms with van der Waals surface area (Å²) in [4.78, 5) is 25.9. The molecule has 0 fully saturated rings. The van der Waals surface area contributed by atoms with E-state index < -0.39 is 0 Å². The van der Waals surface area contributed by atoms with Crippen molar-refractivity contribution in [1.29, 1.82) is 0 Å². The minimum atomic E-state index is -0.268. The second-order valence-corrected chi connectivity index (χ2v) is 6.58. The van der Waals surface area contributed by atoms with Crippen molar-refractivity contribution in [2.24, 2.45) is 0 Å². The van der Waals surface area contributed by atoms with Gasteiger partial charge in [0.25, 0.3) is 5.91 Å². The summed E-state index contributed by atoms with van der Waals surface area (Å²) in [5.41, 5.74) is 7.03. The zero-order chi connectivity index (χ0) is 16.2. The molecule has 0 unspecified atom stereocenters. The van der Waals surface area contributed by atoms with Gasteiger partial charge in [-0.1, -0.05) is 12.1 Å². The molecule has 0 saturated heterocycles. The molecule has 3 rings (SSSR count). The van der Waals surface area contributed by atoms with Gasteiger partial charge in [0, 0.05) is 4.88 Å². The highest BCUT2D eigenvalue weighted by Gasteiger charge is 2.18. The molecule has 0 aliphatic heterocycles. The van der Waals surface area contributed by atoms with Crippen LogP contribution in [0, 0.1) is 0 Å². The lowest BCUT2D eigenvalue weighted by molar-refractivity contribution is -0.121. The summed E-state index contributed by atoms with van der Waals surface area (Å²) in [5, 5.41) is 0. The second-order valence-electron chi connectivity index (χ2n) is 5.44. The summed E-state index contributed by atoms with van der Waals surface area (Å²) in [5.74, 6) is 0.173. The van der Waals surface area contributed by atoms with E-state index in [9.17, 15) is 9.59 Å². The number of nitrogens with one attached hydrogen (secondary N) is 2. The molecule has 0 bridgehead atoms. The molecular formula is C17H18N2O3S. The predicted octanol–water partition coefficient (Wildman–Crippen LogP) is 2.25. The Labute approximate surface area is 138 Å². The molecule has 1 heterocycles. The van der Waals surface area contributed by atoms with Gasteiger partial charge < -0.3 is 4.74 Å². The number of rotatable bonds is 4. The van der Waals surface area contributed by atoms with Crippen molar-refractivity contribution in [3.8, 4) is 5.75 Å². The summed E-state index contributed by atoms with van der Waals surface area (Å²) < 4.78 is 5.12. The predicted molar refractivity (Wildman–Crippen MR) is 88.7 cm³/mol. The van der Waals surface area contributed by atoms with Gasteiger partial charge in [-0.2, -0.15) is 0 Å². The number of ether oxygens (including phenoxy) is 1. The van der Waals surface area contributed by atoms with Gasteiger partial charge in [-0.05, 0) is 48.6 Å². The quantitative estimate of drug-likeness (QED) is 0.845. The maximum absolute atomic E-state index is 12.1. The first-order valence-corrected chi connectivity index (χ1v) is 8.31. The Morgan fingerprint density at radius 2 is 2.09 bits per heavy atom. The molecule has 2 N–H and O–H groups in total. The van der Waals surface area contributed by atoms with E-state index >= 15 is 0 Å². The summed E-state index contributed by atoms with van der Waals surface area (Å²) in [6, 6.07) is 9.21. The van der Waals surface area contributed by atoms with Crippen molar-refractivity contribution in [2.75, 3.05) is 7.11 Å². The highest BCUT2D eigenvalue weighted by atomic mass is 32.1. The third-order valence-corrected chi connectivity index (χ3v) is 5.02. The molecular weight excluding hydrogens is 312 g/mol. The lowest BCUT2D eigenvalue weighted by Crippen LogP contribution is -2.42. The van der Waals surface area contributed by atoms with Crippen molar-refractivity contribution >= 4 is 23.2 Å². The Morgan fingerprint density at radius 3 is 2.87 bits per heavy atom. The van der Waals surface area contributed by atoms with Crippen LogP contribution < -0.4 is 15.6 Å². The number of aryl methyl sites for hydroxylation is 2. The molecule has 2 amide bonds. The van der Waals surface area contributed by atoms with Gasteiger partial charge in [0.05, 0.1) is 18.4 Å². The van der Waals surface area contributed by atoms with Crippen molar-refractivity contribution in [3.05, 3.63) is 51.2 Å². The molecule has 23 heavy (non-hydrogen) atoms. The highest BCUT2D eigenvalue weighted by molar-refractivity contribution is 7.14. The second kappa shape index (κ2) is 6.83. The number of hydrazine groups is 1. The third kappa shape index (κ3) is 3.71. The molecule has 2 aromatic rings. The zero-order valence-corrected chi connectivity index (χ0v) is 13.7.